The Morgan fingerprint density at radius 1 is 1.18 bits per heavy atom. The third-order valence-electron chi connectivity index (χ3n) is 2.73. The molecule has 4 heteroatoms. The Hall–Kier alpha value is -1.32. The van der Waals surface area contributed by atoms with E-state index in [0.29, 0.717) is 0 Å². The number of allylic oxidation sites excluding steroid dienone is 1. The molecule has 0 aromatic heterocycles. The van der Waals surface area contributed by atoms with Crippen molar-refractivity contribution in [3.8, 4) is 0 Å². The summed E-state index contributed by atoms with van der Waals surface area (Å²) in [5, 5.41) is 0. The molecule has 0 aliphatic rings. The molecule has 0 aromatic carbocycles. The van der Waals surface area contributed by atoms with Crippen LogP contribution in [-0.2, 0) is 19.1 Å². The molecule has 0 saturated heterocycles. The second kappa shape index (κ2) is 7.09. The average molecular weight is 242 g/mol. The molecule has 0 aliphatic heterocycles. The van der Waals surface area contributed by atoms with Crippen LogP contribution in [0.1, 0.15) is 34.1 Å². The van der Waals surface area contributed by atoms with Crippen LogP contribution in [0, 0.1) is 11.3 Å². The van der Waals surface area contributed by atoms with Crippen molar-refractivity contribution in [1.82, 2.24) is 0 Å². The lowest BCUT2D eigenvalue weighted by molar-refractivity contribution is -0.175. The quantitative estimate of drug-likeness (QED) is 0.390. The summed E-state index contributed by atoms with van der Waals surface area (Å²) < 4.78 is 10.0. The Balaban J connectivity index is 5.33. The fraction of sp³-hybridized carbons (Fsp3) is 0.692. The Kier molecular flexibility index (Phi) is 6.54. The van der Waals surface area contributed by atoms with Crippen molar-refractivity contribution >= 4 is 11.9 Å². The lowest BCUT2D eigenvalue weighted by atomic mass is 9.74. The first-order valence-electron chi connectivity index (χ1n) is 5.92. The molecule has 0 N–H and O–H groups in total. The van der Waals surface area contributed by atoms with Crippen LogP contribution in [0.3, 0.4) is 0 Å². The Morgan fingerprint density at radius 3 is 1.82 bits per heavy atom. The number of esters is 2. The van der Waals surface area contributed by atoms with Crippen molar-refractivity contribution in [1.29, 1.82) is 0 Å². The highest BCUT2D eigenvalue weighted by Gasteiger charge is 2.50. The number of hydrogen-bond acceptors (Lipinski definition) is 4. The van der Waals surface area contributed by atoms with E-state index in [1.165, 1.54) is 0 Å². The standard InChI is InChI=1S/C13H22O4/c1-6-9-13(10(4)5,11(14)16-7-2)12(15)17-8-3/h6,10H,1,7-9H2,2-5H3. The van der Waals surface area contributed by atoms with Gasteiger partial charge < -0.3 is 9.47 Å². The van der Waals surface area contributed by atoms with Gasteiger partial charge in [-0.3, -0.25) is 9.59 Å². The van der Waals surface area contributed by atoms with Gasteiger partial charge in [0, 0.05) is 0 Å². The maximum Gasteiger partial charge on any atom is 0.324 e. The van der Waals surface area contributed by atoms with Gasteiger partial charge in [-0.25, -0.2) is 0 Å². The van der Waals surface area contributed by atoms with E-state index in [4.69, 9.17) is 9.47 Å². The Morgan fingerprint density at radius 2 is 1.59 bits per heavy atom. The van der Waals surface area contributed by atoms with Gasteiger partial charge in [0.1, 0.15) is 0 Å². The van der Waals surface area contributed by atoms with Gasteiger partial charge in [0.25, 0.3) is 0 Å². The molecule has 0 bridgehead atoms. The number of carbonyl (C=O) groups excluding carboxylic acids is 2. The van der Waals surface area contributed by atoms with Crippen LogP contribution in [0.4, 0.5) is 0 Å². The van der Waals surface area contributed by atoms with Crippen molar-refractivity contribution in [2.24, 2.45) is 11.3 Å². The van der Waals surface area contributed by atoms with Crippen LogP contribution in [-0.4, -0.2) is 25.2 Å². The molecule has 0 amide bonds. The summed E-state index contributed by atoms with van der Waals surface area (Å²) in [6.07, 6.45) is 1.77. The number of rotatable bonds is 7. The minimum absolute atomic E-state index is 0.210. The van der Waals surface area contributed by atoms with Crippen molar-refractivity contribution in [2.45, 2.75) is 34.1 Å². The van der Waals surface area contributed by atoms with E-state index in [-0.39, 0.29) is 25.6 Å². The second-order valence-corrected chi connectivity index (χ2v) is 4.06. The molecule has 17 heavy (non-hydrogen) atoms. The SMILES string of the molecule is C=CCC(C(=O)OCC)(C(=O)OCC)C(C)C. The zero-order valence-electron chi connectivity index (χ0n) is 11.1. The molecule has 0 unspecified atom stereocenters. The normalized spacial score (nSPS) is 11.1. The number of ether oxygens (including phenoxy) is 2. The van der Waals surface area contributed by atoms with E-state index >= 15 is 0 Å². The molecule has 0 spiro atoms. The third-order valence-corrected chi connectivity index (χ3v) is 2.73. The minimum Gasteiger partial charge on any atom is -0.465 e. The lowest BCUT2D eigenvalue weighted by Gasteiger charge is -2.31. The lowest BCUT2D eigenvalue weighted by Crippen LogP contribution is -2.46. The smallest absolute Gasteiger partial charge is 0.324 e. The van der Waals surface area contributed by atoms with E-state index in [0.717, 1.165) is 0 Å². The summed E-state index contributed by atoms with van der Waals surface area (Å²) in [6.45, 7) is 11.1. The van der Waals surface area contributed by atoms with Gasteiger partial charge in [-0.05, 0) is 26.2 Å². The fourth-order valence-corrected chi connectivity index (χ4v) is 1.70. The summed E-state index contributed by atoms with van der Waals surface area (Å²) in [5.41, 5.74) is -1.27. The van der Waals surface area contributed by atoms with Crippen LogP contribution in [0.15, 0.2) is 12.7 Å². The first kappa shape index (κ1) is 15.7. The monoisotopic (exact) mass is 242 g/mol. The van der Waals surface area contributed by atoms with Gasteiger partial charge in [-0.15, -0.1) is 6.58 Å². The Labute approximate surface area is 103 Å². The van der Waals surface area contributed by atoms with Gasteiger partial charge >= 0.3 is 11.9 Å². The molecule has 0 aliphatic carbocycles. The Bertz CT molecular complexity index is 263. The molecule has 0 aromatic rings. The summed E-state index contributed by atoms with van der Waals surface area (Å²) in [6, 6.07) is 0. The van der Waals surface area contributed by atoms with Crippen molar-refractivity contribution < 1.29 is 19.1 Å². The summed E-state index contributed by atoms with van der Waals surface area (Å²) in [5.74, 6) is -1.28. The van der Waals surface area contributed by atoms with Gasteiger partial charge in [-0.1, -0.05) is 19.9 Å². The number of carbonyl (C=O) groups is 2. The molecular formula is C13H22O4. The van der Waals surface area contributed by atoms with E-state index in [1.807, 2.05) is 0 Å². The third kappa shape index (κ3) is 3.32. The molecule has 0 atom stereocenters. The zero-order chi connectivity index (χ0) is 13.5. The predicted octanol–water partition coefficient (Wildman–Crippen LogP) is 2.33. The fourth-order valence-electron chi connectivity index (χ4n) is 1.70. The maximum absolute atomic E-state index is 12.0. The summed E-state index contributed by atoms with van der Waals surface area (Å²) >= 11 is 0. The maximum atomic E-state index is 12.0. The molecule has 0 radical (unpaired) electrons. The first-order valence-corrected chi connectivity index (χ1v) is 5.92. The van der Waals surface area contributed by atoms with Gasteiger partial charge in [0.05, 0.1) is 13.2 Å². The highest BCUT2D eigenvalue weighted by molar-refractivity contribution is 6.00. The molecule has 0 rings (SSSR count). The van der Waals surface area contributed by atoms with E-state index in [2.05, 4.69) is 6.58 Å². The van der Waals surface area contributed by atoms with Crippen LogP contribution in [0.25, 0.3) is 0 Å². The molecule has 98 valence electrons. The summed E-state index contributed by atoms with van der Waals surface area (Å²) in [7, 11) is 0. The predicted molar refractivity (Wildman–Crippen MR) is 65.4 cm³/mol. The topological polar surface area (TPSA) is 52.6 Å². The van der Waals surface area contributed by atoms with Crippen LogP contribution in [0.2, 0.25) is 0 Å². The zero-order valence-corrected chi connectivity index (χ0v) is 11.1. The van der Waals surface area contributed by atoms with Gasteiger partial charge in [0.15, 0.2) is 5.41 Å². The largest absolute Gasteiger partial charge is 0.465 e. The highest BCUT2D eigenvalue weighted by atomic mass is 16.6. The molecule has 0 fully saturated rings. The highest BCUT2D eigenvalue weighted by Crippen LogP contribution is 2.35. The van der Waals surface area contributed by atoms with E-state index in [9.17, 15) is 9.59 Å². The van der Waals surface area contributed by atoms with Crippen LogP contribution in [0.5, 0.6) is 0 Å². The molecule has 0 saturated carbocycles. The molecule has 4 nitrogen and oxygen atoms in total. The average Bonchev–Trinajstić information content (AvgIpc) is 2.25. The van der Waals surface area contributed by atoms with Crippen molar-refractivity contribution in [2.75, 3.05) is 13.2 Å². The van der Waals surface area contributed by atoms with E-state index < -0.39 is 17.4 Å². The summed E-state index contributed by atoms with van der Waals surface area (Å²) in [4.78, 5) is 24.1. The molecular weight excluding hydrogens is 220 g/mol. The minimum atomic E-state index is -1.27. The van der Waals surface area contributed by atoms with Crippen molar-refractivity contribution in [3.05, 3.63) is 12.7 Å². The molecule has 0 heterocycles. The second-order valence-electron chi connectivity index (χ2n) is 4.06. The van der Waals surface area contributed by atoms with Crippen LogP contribution < -0.4 is 0 Å². The number of hydrogen-bond donors (Lipinski definition) is 0. The first-order chi connectivity index (χ1) is 7.97. The van der Waals surface area contributed by atoms with Crippen molar-refractivity contribution in [3.63, 3.8) is 0 Å². The van der Waals surface area contributed by atoms with E-state index in [1.54, 1.807) is 33.8 Å². The van der Waals surface area contributed by atoms with Crippen LogP contribution >= 0.6 is 0 Å². The van der Waals surface area contributed by atoms with Gasteiger partial charge in [-0.2, -0.15) is 0 Å². The van der Waals surface area contributed by atoms with Gasteiger partial charge in [0.2, 0.25) is 0 Å².